The highest BCUT2D eigenvalue weighted by atomic mass is 16.5. The largest absolute Gasteiger partial charge is 0.489 e. The molecule has 17 heavy (non-hydrogen) atoms. The maximum absolute atomic E-state index is 5.62. The number of benzene rings is 2. The molecule has 0 saturated heterocycles. The lowest BCUT2D eigenvalue weighted by Gasteiger charge is -2.08. The highest BCUT2D eigenvalue weighted by Gasteiger charge is 1.98. The van der Waals surface area contributed by atoms with E-state index in [2.05, 4.69) is 6.58 Å². The average molecular weight is 226 g/mol. The van der Waals surface area contributed by atoms with Gasteiger partial charge in [-0.25, -0.2) is 0 Å². The third-order valence-corrected chi connectivity index (χ3v) is 2.35. The van der Waals surface area contributed by atoms with Crippen LogP contribution in [0.4, 0.5) is 0 Å². The van der Waals surface area contributed by atoms with Crippen molar-refractivity contribution in [2.45, 2.75) is 14.0 Å². The van der Waals surface area contributed by atoms with Crippen molar-refractivity contribution < 1.29 is 4.74 Å². The summed E-state index contributed by atoms with van der Waals surface area (Å²) < 4.78 is 5.62. The number of ether oxygens (including phenoxy) is 1. The van der Waals surface area contributed by atoms with E-state index in [0.29, 0.717) is 12.4 Å². The lowest BCUT2D eigenvalue weighted by Crippen LogP contribution is -1.91. The summed E-state index contributed by atoms with van der Waals surface area (Å²) in [5.41, 5.74) is 2.18. The van der Waals surface area contributed by atoms with E-state index in [1.165, 1.54) is 0 Å². The van der Waals surface area contributed by atoms with Crippen molar-refractivity contribution in [1.82, 2.24) is 0 Å². The molecule has 2 aromatic rings. The van der Waals surface area contributed by atoms with Gasteiger partial charge < -0.3 is 4.74 Å². The van der Waals surface area contributed by atoms with E-state index < -0.39 is 0 Å². The molecule has 0 aliphatic rings. The minimum atomic E-state index is 0. The molecule has 0 aliphatic carbocycles. The van der Waals surface area contributed by atoms with Gasteiger partial charge in [-0.2, -0.15) is 0 Å². The Balaban J connectivity index is 0.00000144. The molecular weight excluding hydrogens is 208 g/mol. The Kier molecular flexibility index (Phi) is 5.02. The quantitative estimate of drug-likeness (QED) is 0.697. The Morgan fingerprint density at radius 1 is 0.882 bits per heavy atom. The summed E-state index contributed by atoms with van der Waals surface area (Å²) in [6, 6.07) is 20.0. The molecule has 0 atom stereocenters. The van der Waals surface area contributed by atoms with Gasteiger partial charge in [0.15, 0.2) is 0 Å². The zero-order chi connectivity index (χ0) is 11.2. The van der Waals surface area contributed by atoms with Crippen molar-refractivity contribution in [3.63, 3.8) is 0 Å². The molecule has 0 radical (unpaired) electrons. The van der Waals surface area contributed by atoms with Gasteiger partial charge in [-0.1, -0.05) is 74.7 Å². The Labute approximate surface area is 103 Å². The predicted molar refractivity (Wildman–Crippen MR) is 73.4 cm³/mol. The highest BCUT2D eigenvalue weighted by Crippen LogP contribution is 2.15. The summed E-state index contributed by atoms with van der Waals surface area (Å²) in [5, 5.41) is 0. The Bertz CT molecular complexity index is 445. The van der Waals surface area contributed by atoms with Crippen molar-refractivity contribution in [3.8, 4) is 0 Å². The molecule has 0 aromatic heterocycles. The van der Waals surface area contributed by atoms with Crippen molar-refractivity contribution in [2.24, 2.45) is 0 Å². The van der Waals surface area contributed by atoms with Crippen LogP contribution in [0.3, 0.4) is 0 Å². The first-order chi connectivity index (χ1) is 7.86. The van der Waals surface area contributed by atoms with Crippen LogP contribution in [0.1, 0.15) is 18.6 Å². The van der Waals surface area contributed by atoms with Gasteiger partial charge >= 0.3 is 0 Å². The zero-order valence-electron chi connectivity index (χ0n) is 9.10. The summed E-state index contributed by atoms with van der Waals surface area (Å²) in [6.07, 6.45) is 0. The molecule has 2 rings (SSSR count). The van der Waals surface area contributed by atoms with E-state index in [0.717, 1.165) is 11.1 Å². The van der Waals surface area contributed by atoms with Crippen LogP contribution in [-0.4, -0.2) is 0 Å². The zero-order valence-corrected chi connectivity index (χ0v) is 9.10. The molecule has 0 unspecified atom stereocenters. The van der Waals surface area contributed by atoms with Crippen LogP contribution in [0, 0.1) is 0 Å². The van der Waals surface area contributed by atoms with Gasteiger partial charge in [-0.05, 0) is 5.56 Å². The van der Waals surface area contributed by atoms with Gasteiger partial charge in [0.1, 0.15) is 12.4 Å². The summed E-state index contributed by atoms with van der Waals surface area (Å²) in [6.45, 7) is 4.48. The normalized spacial score (nSPS) is 9.18. The SMILES string of the molecule is C.C=C(OCc1ccccc1)c1ccccc1. The van der Waals surface area contributed by atoms with E-state index >= 15 is 0 Å². The molecule has 1 heteroatoms. The molecule has 0 bridgehead atoms. The fraction of sp³-hybridized carbons (Fsp3) is 0.125. The van der Waals surface area contributed by atoms with Gasteiger partial charge in [0.2, 0.25) is 0 Å². The third-order valence-electron chi connectivity index (χ3n) is 2.35. The summed E-state index contributed by atoms with van der Waals surface area (Å²) in [4.78, 5) is 0. The van der Waals surface area contributed by atoms with Gasteiger partial charge in [-0.15, -0.1) is 0 Å². The van der Waals surface area contributed by atoms with Gasteiger partial charge in [0.25, 0.3) is 0 Å². The first-order valence-electron chi connectivity index (χ1n) is 5.27. The minimum absolute atomic E-state index is 0. The van der Waals surface area contributed by atoms with Crippen LogP contribution >= 0.6 is 0 Å². The second-order valence-corrected chi connectivity index (χ2v) is 3.56. The van der Waals surface area contributed by atoms with Crippen molar-refractivity contribution in [1.29, 1.82) is 0 Å². The molecule has 2 aromatic carbocycles. The Hall–Kier alpha value is -2.02. The number of hydrogen-bond donors (Lipinski definition) is 0. The maximum atomic E-state index is 5.62. The second-order valence-electron chi connectivity index (χ2n) is 3.56. The van der Waals surface area contributed by atoms with Crippen molar-refractivity contribution >= 4 is 5.76 Å². The number of rotatable bonds is 4. The Morgan fingerprint density at radius 2 is 1.41 bits per heavy atom. The summed E-state index contributed by atoms with van der Waals surface area (Å²) in [5.74, 6) is 0.712. The molecule has 1 nitrogen and oxygen atoms in total. The van der Waals surface area contributed by atoms with Gasteiger partial charge in [-0.3, -0.25) is 0 Å². The molecule has 0 amide bonds. The molecule has 0 spiro atoms. The minimum Gasteiger partial charge on any atom is -0.489 e. The highest BCUT2D eigenvalue weighted by molar-refractivity contribution is 5.56. The second kappa shape index (κ2) is 6.54. The van der Waals surface area contributed by atoms with Crippen LogP contribution < -0.4 is 0 Å². The molecule has 0 saturated carbocycles. The molecule has 0 fully saturated rings. The smallest absolute Gasteiger partial charge is 0.119 e. The molecule has 0 heterocycles. The average Bonchev–Trinajstić information content (AvgIpc) is 2.38. The first kappa shape index (κ1) is 13.0. The van der Waals surface area contributed by atoms with Crippen molar-refractivity contribution in [3.05, 3.63) is 78.4 Å². The van der Waals surface area contributed by atoms with E-state index in [1.807, 2.05) is 60.7 Å². The van der Waals surface area contributed by atoms with E-state index in [4.69, 9.17) is 4.74 Å². The van der Waals surface area contributed by atoms with Crippen LogP contribution in [-0.2, 0) is 11.3 Å². The van der Waals surface area contributed by atoms with E-state index in [1.54, 1.807) is 0 Å². The molecular formula is C16H18O. The van der Waals surface area contributed by atoms with E-state index in [9.17, 15) is 0 Å². The van der Waals surface area contributed by atoms with Crippen LogP contribution in [0.25, 0.3) is 5.76 Å². The molecule has 0 aliphatic heterocycles. The van der Waals surface area contributed by atoms with Gasteiger partial charge in [0, 0.05) is 5.56 Å². The monoisotopic (exact) mass is 226 g/mol. The van der Waals surface area contributed by atoms with Crippen LogP contribution in [0.15, 0.2) is 67.2 Å². The fourth-order valence-electron chi connectivity index (χ4n) is 1.45. The summed E-state index contributed by atoms with van der Waals surface area (Å²) >= 11 is 0. The van der Waals surface area contributed by atoms with Crippen LogP contribution in [0.5, 0.6) is 0 Å². The first-order valence-corrected chi connectivity index (χ1v) is 5.27. The van der Waals surface area contributed by atoms with Crippen LogP contribution in [0.2, 0.25) is 0 Å². The fourth-order valence-corrected chi connectivity index (χ4v) is 1.45. The van der Waals surface area contributed by atoms with Gasteiger partial charge in [0.05, 0.1) is 0 Å². The van der Waals surface area contributed by atoms with E-state index in [-0.39, 0.29) is 7.43 Å². The molecule has 0 N–H and O–H groups in total. The lowest BCUT2D eigenvalue weighted by molar-refractivity contribution is 0.265. The van der Waals surface area contributed by atoms with Crippen molar-refractivity contribution in [2.75, 3.05) is 0 Å². The Morgan fingerprint density at radius 3 is 2.00 bits per heavy atom. The topological polar surface area (TPSA) is 9.23 Å². The molecule has 88 valence electrons. The third kappa shape index (κ3) is 3.80. The predicted octanol–water partition coefficient (Wildman–Crippen LogP) is 4.51. The number of hydrogen-bond acceptors (Lipinski definition) is 1. The summed E-state index contributed by atoms with van der Waals surface area (Å²) in [7, 11) is 0. The standard InChI is InChI=1S/C15H14O.CH4/c1-13(15-10-6-3-7-11-15)16-12-14-8-4-2-5-9-14;/h2-11H,1,12H2;1H4. The maximum Gasteiger partial charge on any atom is 0.119 e. The lowest BCUT2D eigenvalue weighted by atomic mass is 10.2.